The van der Waals surface area contributed by atoms with Gasteiger partial charge in [-0.2, -0.15) is 0 Å². The van der Waals surface area contributed by atoms with Crippen LogP contribution in [0.2, 0.25) is 0 Å². The van der Waals surface area contributed by atoms with Crippen LogP contribution < -0.4 is 14.2 Å². The lowest BCUT2D eigenvalue weighted by molar-refractivity contribution is 0.243. The van der Waals surface area contributed by atoms with Crippen LogP contribution in [0.4, 0.5) is 0 Å². The predicted molar refractivity (Wildman–Crippen MR) is 118 cm³/mol. The van der Waals surface area contributed by atoms with Crippen molar-refractivity contribution in [2.45, 2.75) is 13.8 Å². The fraction of sp³-hybridized carbons (Fsp3) is 0.261. The normalized spacial score (nSPS) is 11.8. The zero-order chi connectivity index (χ0) is 19.9. The molecule has 0 spiro atoms. The fourth-order valence-electron chi connectivity index (χ4n) is 2.65. The van der Waals surface area contributed by atoms with E-state index in [1.54, 1.807) is 25.6 Å². The molecule has 3 aromatic rings. The molecule has 1 heterocycles. The van der Waals surface area contributed by atoms with Crippen LogP contribution in [-0.4, -0.2) is 25.8 Å². The van der Waals surface area contributed by atoms with Gasteiger partial charge in [0.1, 0.15) is 5.01 Å². The molecule has 0 N–H and O–H groups in total. The highest BCUT2D eigenvalue weighted by Gasteiger charge is 2.14. The van der Waals surface area contributed by atoms with Crippen molar-refractivity contribution in [3.8, 4) is 17.2 Å². The maximum atomic E-state index is 5.88. The molecule has 0 radical (unpaired) electrons. The van der Waals surface area contributed by atoms with Gasteiger partial charge in [-0.25, -0.2) is 4.98 Å². The van der Waals surface area contributed by atoms with Gasteiger partial charge < -0.3 is 14.2 Å². The molecule has 0 aliphatic rings. The topological polar surface area (TPSA) is 40.6 Å². The fourth-order valence-corrected chi connectivity index (χ4v) is 3.54. The van der Waals surface area contributed by atoms with Gasteiger partial charge >= 0.3 is 0 Å². The summed E-state index contributed by atoms with van der Waals surface area (Å²) in [4.78, 5) is 4.60. The molecular weight excluding hydrogens is 370 g/mol. The summed E-state index contributed by atoms with van der Waals surface area (Å²) < 4.78 is 18.1. The van der Waals surface area contributed by atoms with Crippen LogP contribution in [0.25, 0.3) is 22.4 Å². The van der Waals surface area contributed by atoms with Crippen LogP contribution in [0.5, 0.6) is 17.2 Å². The summed E-state index contributed by atoms with van der Waals surface area (Å²) in [5.74, 6) is 2.38. The van der Waals surface area contributed by atoms with Crippen molar-refractivity contribution in [3.05, 3.63) is 59.1 Å². The molecule has 0 amide bonds. The summed E-state index contributed by atoms with van der Waals surface area (Å²) >= 11 is 1.68. The molecule has 0 unspecified atom stereocenters. The number of thiazole rings is 1. The quantitative estimate of drug-likeness (QED) is 0.434. The number of benzene rings is 2. The molecule has 0 aliphatic heterocycles. The Hall–Kier alpha value is -2.79. The summed E-state index contributed by atoms with van der Waals surface area (Å²) in [7, 11) is 3.27. The first-order valence-electron chi connectivity index (χ1n) is 9.20. The minimum absolute atomic E-state index is 0.418. The molecule has 0 bridgehead atoms. The van der Waals surface area contributed by atoms with Crippen LogP contribution in [0.3, 0.4) is 0 Å². The monoisotopic (exact) mass is 395 g/mol. The van der Waals surface area contributed by atoms with E-state index in [1.807, 2.05) is 54.6 Å². The van der Waals surface area contributed by atoms with Crippen LogP contribution >= 0.6 is 11.3 Å². The van der Waals surface area contributed by atoms with Gasteiger partial charge in [-0.05, 0) is 41.8 Å². The molecule has 0 saturated heterocycles. The third kappa shape index (κ3) is 4.93. The summed E-state index contributed by atoms with van der Waals surface area (Å²) in [5, 5.41) is 0.985. The van der Waals surface area contributed by atoms with Gasteiger partial charge in [0, 0.05) is 0 Å². The molecule has 1 aromatic heterocycles. The number of allylic oxidation sites excluding steroid dienone is 2. The van der Waals surface area contributed by atoms with Crippen molar-refractivity contribution >= 4 is 33.7 Å². The molecule has 3 rings (SSSR count). The highest BCUT2D eigenvalue weighted by Crippen LogP contribution is 2.39. The third-order valence-electron chi connectivity index (χ3n) is 3.99. The van der Waals surface area contributed by atoms with Gasteiger partial charge in [0.05, 0.1) is 31.0 Å². The number of para-hydroxylation sites is 1. The summed E-state index contributed by atoms with van der Waals surface area (Å²) in [6.07, 6.45) is 7.98. The minimum atomic E-state index is 0.418. The highest BCUT2D eigenvalue weighted by atomic mass is 32.1. The molecule has 0 atom stereocenters. The number of fused-ring (bicyclic) bond motifs is 1. The molecule has 4 nitrogen and oxygen atoms in total. The first-order valence-corrected chi connectivity index (χ1v) is 10.0. The van der Waals surface area contributed by atoms with Gasteiger partial charge in [0.15, 0.2) is 11.5 Å². The number of methoxy groups -OCH3 is 2. The lowest BCUT2D eigenvalue weighted by Gasteiger charge is -2.16. The Bertz CT molecular complexity index is 930. The van der Waals surface area contributed by atoms with E-state index in [4.69, 9.17) is 14.2 Å². The zero-order valence-electron chi connectivity index (χ0n) is 16.6. The van der Waals surface area contributed by atoms with Crippen LogP contribution in [-0.2, 0) is 0 Å². The second-order valence-electron chi connectivity index (χ2n) is 6.70. The maximum Gasteiger partial charge on any atom is 0.203 e. The third-order valence-corrected chi connectivity index (χ3v) is 4.99. The van der Waals surface area contributed by atoms with Gasteiger partial charge in [-0.1, -0.05) is 44.2 Å². The lowest BCUT2D eigenvalue weighted by atomic mass is 10.1. The molecule has 5 heteroatoms. The first kappa shape index (κ1) is 20.0. The Morgan fingerprint density at radius 3 is 2.32 bits per heavy atom. The lowest BCUT2D eigenvalue weighted by Crippen LogP contribution is -2.07. The van der Waals surface area contributed by atoms with Crippen molar-refractivity contribution in [3.63, 3.8) is 0 Å². The molecule has 0 aliphatic carbocycles. The van der Waals surface area contributed by atoms with Crippen molar-refractivity contribution in [1.82, 2.24) is 4.98 Å². The Morgan fingerprint density at radius 1 is 1.00 bits per heavy atom. The van der Waals surface area contributed by atoms with Crippen molar-refractivity contribution in [1.29, 1.82) is 0 Å². The Kier molecular flexibility index (Phi) is 6.71. The highest BCUT2D eigenvalue weighted by molar-refractivity contribution is 7.19. The number of hydrogen-bond acceptors (Lipinski definition) is 5. The second kappa shape index (κ2) is 9.42. The second-order valence-corrected chi connectivity index (χ2v) is 7.76. The summed E-state index contributed by atoms with van der Waals surface area (Å²) in [6.45, 7) is 4.81. The number of hydrogen-bond donors (Lipinski definition) is 0. The van der Waals surface area contributed by atoms with E-state index in [0.717, 1.165) is 16.1 Å². The van der Waals surface area contributed by atoms with Crippen molar-refractivity contribution in [2.24, 2.45) is 5.92 Å². The van der Waals surface area contributed by atoms with Gasteiger partial charge in [0.25, 0.3) is 0 Å². The Labute approximate surface area is 170 Å². The number of rotatable bonds is 8. The Balaban J connectivity index is 1.77. The largest absolute Gasteiger partial charge is 0.493 e. The molecule has 28 heavy (non-hydrogen) atoms. The van der Waals surface area contributed by atoms with E-state index in [9.17, 15) is 0 Å². The number of nitrogens with zero attached hydrogens (tertiary/aromatic N) is 1. The van der Waals surface area contributed by atoms with Gasteiger partial charge in [0.2, 0.25) is 5.75 Å². The molecule has 146 valence electrons. The van der Waals surface area contributed by atoms with E-state index >= 15 is 0 Å². The molecule has 2 aromatic carbocycles. The van der Waals surface area contributed by atoms with Crippen LogP contribution in [0.15, 0.2) is 48.6 Å². The summed E-state index contributed by atoms with van der Waals surface area (Å²) in [6, 6.07) is 12.0. The van der Waals surface area contributed by atoms with E-state index < -0.39 is 0 Å². The molecular formula is C23H25NO3S. The Morgan fingerprint density at radius 2 is 1.68 bits per heavy atom. The molecule has 0 saturated carbocycles. The SMILES string of the molecule is COc1cc(/C=C/C=C/c2nc3ccccc3s2)cc(OC)c1OCC(C)C. The zero-order valence-corrected chi connectivity index (χ0v) is 17.5. The van der Waals surface area contributed by atoms with E-state index in [-0.39, 0.29) is 0 Å². The van der Waals surface area contributed by atoms with E-state index in [1.165, 1.54) is 4.70 Å². The number of aromatic nitrogens is 1. The van der Waals surface area contributed by atoms with E-state index in [0.29, 0.717) is 29.8 Å². The maximum absolute atomic E-state index is 5.88. The summed E-state index contributed by atoms with van der Waals surface area (Å²) in [5.41, 5.74) is 2.00. The average Bonchev–Trinajstić information content (AvgIpc) is 3.12. The predicted octanol–water partition coefficient (Wildman–Crippen LogP) is 6.07. The van der Waals surface area contributed by atoms with Gasteiger partial charge in [-0.15, -0.1) is 11.3 Å². The first-order chi connectivity index (χ1) is 13.6. The minimum Gasteiger partial charge on any atom is -0.493 e. The van der Waals surface area contributed by atoms with E-state index in [2.05, 4.69) is 24.9 Å². The van der Waals surface area contributed by atoms with Crippen molar-refractivity contribution < 1.29 is 14.2 Å². The van der Waals surface area contributed by atoms with Gasteiger partial charge in [-0.3, -0.25) is 0 Å². The average molecular weight is 396 g/mol. The molecule has 0 fully saturated rings. The standard InChI is InChI=1S/C23H25NO3S/c1-16(2)15-27-23-19(25-3)13-17(14-20(23)26-4)9-5-8-12-22-24-18-10-6-7-11-21(18)28-22/h5-14,16H,15H2,1-4H3/b9-5+,12-8+. The number of ether oxygens (including phenoxy) is 3. The smallest absolute Gasteiger partial charge is 0.203 e. The van der Waals surface area contributed by atoms with Crippen LogP contribution in [0.1, 0.15) is 24.4 Å². The van der Waals surface area contributed by atoms with Crippen molar-refractivity contribution in [2.75, 3.05) is 20.8 Å². The van der Waals surface area contributed by atoms with Crippen LogP contribution in [0, 0.1) is 5.92 Å².